The van der Waals surface area contributed by atoms with Gasteiger partial charge in [-0.05, 0) is 38.3 Å². The molecule has 1 aromatic rings. The van der Waals surface area contributed by atoms with E-state index in [4.69, 9.17) is 0 Å². The summed E-state index contributed by atoms with van der Waals surface area (Å²) in [6.07, 6.45) is 1.67. The van der Waals surface area contributed by atoms with E-state index in [1.54, 1.807) is 24.3 Å². The highest BCUT2D eigenvalue weighted by molar-refractivity contribution is 7.89. The van der Waals surface area contributed by atoms with E-state index in [0.717, 1.165) is 12.0 Å². The predicted octanol–water partition coefficient (Wildman–Crippen LogP) is 1.19. The fourth-order valence-corrected chi connectivity index (χ4v) is 3.37. The molecule has 1 aromatic carbocycles. The van der Waals surface area contributed by atoms with Gasteiger partial charge in [-0.3, -0.25) is 0 Å². The molecule has 0 amide bonds. The summed E-state index contributed by atoms with van der Waals surface area (Å²) in [5.41, 5.74) is 1.02. The second-order valence-electron chi connectivity index (χ2n) is 4.54. The largest absolute Gasteiger partial charge is 0.391 e. The molecule has 1 saturated carbocycles. The van der Waals surface area contributed by atoms with Gasteiger partial charge in [0.05, 0.1) is 11.0 Å². The molecule has 1 aliphatic rings. The molecule has 2 atom stereocenters. The average molecular weight is 255 g/mol. The van der Waals surface area contributed by atoms with Gasteiger partial charge in [0.2, 0.25) is 10.0 Å². The van der Waals surface area contributed by atoms with E-state index in [2.05, 4.69) is 4.72 Å². The van der Waals surface area contributed by atoms with Crippen LogP contribution in [0.3, 0.4) is 0 Å². The Balaban J connectivity index is 2.16. The van der Waals surface area contributed by atoms with E-state index in [1.807, 2.05) is 6.92 Å². The van der Waals surface area contributed by atoms with Crippen LogP contribution in [0.2, 0.25) is 0 Å². The first-order valence-electron chi connectivity index (χ1n) is 5.76. The summed E-state index contributed by atoms with van der Waals surface area (Å²) in [6, 6.07) is 6.35. The highest BCUT2D eigenvalue weighted by atomic mass is 32.2. The number of hydrogen-bond acceptors (Lipinski definition) is 3. The fourth-order valence-electron chi connectivity index (χ4n) is 2.06. The molecule has 0 saturated heterocycles. The van der Waals surface area contributed by atoms with Crippen molar-refractivity contribution >= 4 is 10.0 Å². The molecular weight excluding hydrogens is 238 g/mol. The minimum Gasteiger partial charge on any atom is -0.391 e. The van der Waals surface area contributed by atoms with Crippen molar-refractivity contribution in [3.05, 3.63) is 29.8 Å². The highest BCUT2D eigenvalue weighted by Crippen LogP contribution is 2.21. The molecule has 2 N–H and O–H groups in total. The van der Waals surface area contributed by atoms with Gasteiger partial charge in [-0.2, -0.15) is 0 Å². The van der Waals surface area contributed by atoms with E-state index >= 15 is 0 Å². The van der Waals surface area contributed by atoms with E-state index in [1.165, 1.54) is 0 Å². The molecule has 0 unspecified atom stereocenters. The Labute approximate surface area is 102 Å². The van der Waals surface area contributed by atoms with E-state index < -0.39 is 16.1 Å². The molecule has 0 heterocycles. The molecule has 4 nitrogen and oxygen atoms in total. The van der Waals surface area contributed by atoms with Gasteiger partial charge in [0.25, 0.3) is 0 Å². The van der Waals surface area contributed by atoms with Gasteiger partial charge in [-0.1, -0.05) is 17.7 Å². The van der Waals surface area contributed by atoms with Crippen LogP contribution in [0.5, 0.6) is 0 Å². The second-order valence-corrected chi connectivity index (χ2v) is 6.25. The Morgan fingerprint density at radius 1 is 1.24 bits per heavy atom. The van der Waals surface area contributed by atoms with Gasteiger partial charge < -0.3 is 5.11 Å². The Morgan fingerprint density at radius 3 is 2.41 bits per heavy atom. The summed E-state index contributed by atoms with van der Waals surface area (Å²) in [5.74, 6) is 0. The van der Waals surface area contributed by atoms with Crippen molar-refractivity contribution in [3.63, 3.8) is 0 Å². The summed E-state index contributed by atoms with van der Waals surface area (Å²) < 4.78 is 26.6. The van der Waals surface area contributed by atoms with Crippen LogP contribution in [0.15, 0.2) is 29.2 Å². The van der Waals surface area contributed by atoms with Gasteiger partial charge in [-0.25, -0.2) is 13.1 Å². The lowest BCUT2D eigenvalue weighted by atomic mass is 10.2. The van der Waals surface area contributed by atoms with Crippen molar-refractivity contribution in [2.45, 2.75) is 43.2 Å². The lowest BCUT2D eigenvalue weighted by Crippen LogP contribution is -2.39. The molecule has 0 radical (unpaired) electrons. The third-order valence-corrected chi connectivity index (χ3v) is 4.62. The Kier molecular flexibility index (Phi) is 3.51. The maximum atomic E-state index is 12.0. The first-order valence-corrected chi connectivity index (χ1v) is 7.24. The summed E-state index contributed by atoms with van der Waals surface area (Å²) >= 11 is 0. The predicted molar refractivity (Wildman–Crippen MR) is 65.1 cm³/mol. The van der Waals surface area contributed by atoms with Crippen molar-refractivity contribution < 1.29 is 13.5 Å². The number of aliphatic hydroxyl groups is 1. The van der Waals surface area contributed by atoms with E-state index in [-0.39, 0.29) is 10.9 Å². The number of benzene rings is 1. The number of nitrogens with one attached hydrogen (secondary N) is 1. The van der Waals surface area contributed by atoms with Crippen molar-refractivity contribution in [1.82, 2.24) is 4.72 Å². The maximum absolute atomic E-state index is 12.0. The van der Waals surface area contributed by atoms with Crippen LogP contribution in [-0.4, -0.2) is 25.7 Å². The third-order valence-electron chi connectivity index (χ3n) is 3.12. The molecule has 0 bridgehead atoms. The number of hydrogen-bond donors (Lipinski definition) is 2. The highest BCUT2D eigenvalue weighted by Gasteiger charge is 2.29. The normalized spacial score (nSPS) is 25.1. The van der Waals surface area contributed by atoms with E-state index in [0.29, 0.717) is 12.8 Å². The SMILES string of the molecule is Cc1ccc(S(=O)(=O)N[C@H]2CCC[C@@H]2O)cc1. The van der Waals surface area contributed by atoms with Crippen LogP contribution in [0, 0.1) is 6.92 Å². The fraction of sp³-hybridized carbons (Fsp3) is 0.500. The molecule has 1 aliphatic carbocycles. The molecule has 1 fully saturated rings. The maximum Gasteiger partial charge on any atom is 0.240 e. The second kappa shape index (κ2) is 4.76. The first kappa shape index (κ1) is 12.5. The van der Waals surface area contributed by atoms with E-state index in [9.17, 15) is 13.5 Å². The number of rotatable bonds is 3. The molecule has 17 heavy (non-hydrogen) atoms. The lowest BCUT2D eigenvalue weighted by molar-refractivity contribution is 0.159. The summed E-state index contributed by atoms with van der Waals surface area (Å²) in [6.45, 7) is 1.91. The molecule has 2 rings (SSSR count). The zero-order valence-electron chi connectivity index (χ0n) is 9.76. The minimum absolute atomic E-state index is 0.252. The zero-order valence-corrected chi connectivity index (χ0v) is 10.6. The molecule has 0 aromatic heterocycles. The first-order chi connectivity index (χ1) is 7.99. The van der Waals surface area contributed by atoms with Gasteiger partial charge in [0, 0.05) is 6.04 Å². The smallest absolute Gasteiger partial charge is 0.240 e. The third kappa shape index (κ3) is 2.86. The van der Waals surface area contributed by atoms with Gasteiger partial charge in [0.15, 0.2) is 0 Å². The van der Waals surface area contributed by atoms with Crippen LogP contribution in [0.4, 0.5) is 0 Å². The topological polar surface area (TPSA) is 66.4 Å². The monoisotopic (exact) mass is 255 g/mol. The van der Waals surface area contributed by atoms with Crippen LogP contribution in [0.1, 0.15) is 24.8 Å². The van der Waals surface area contributed by atoms with Crippen LogP contribution >= 0.6 is 0 Å². The van der Waals surface area contributed by atoms with Crippen LogP contribution < -0.4 is 4.72 Å². The van der Waals surface area contributed by atoms with Crippen LogP contribution in [0.25, 0.3) is 0 Å². The summed E-state index contributed by atoms with van der Waals surface area (Å²) in [7, 11) is -3.50. The lowest BCUT2D eigenvalue weighted by Gasteiger charge is -2.16. The van der Waals surface area contributed by atoms with Crippen molar-refractivity contribution in [2.24, 2.45) is 0 Å². The molecule has 0 spiro atoms. The summed E-state index contributed by atoms with van der Waals surface area (Å²) in [4.78, 5) is 0.252. The Hall–Kier alpha value is -0.910. The summed E-state index contributed by atoms with van der Waals surface area (Å²) in [5, 5.41) is 9.62. The van der Waals surface area contributed by atoms with Crippen molar-refractivity contribution in [2.75, 3.05) is 0 Å². The number of sulfonamides is 1. The van der Waals surface area contributed by atoms with Crippen molar-refractivity contribution in [1.29, 1.82) is 0 Å². The molecule has 94 valence electrons. The molecular formula is C12H17NO3S. The Bertz CT molecular complexity index is 481. The van der Waals surface area contributed by atoms with Crippen molar-refractivity contribution in [3.8, 4) is 0 Å². The average Bonchev–Trinajstić information content (AvgIpc) is 2.64. The zero-order chi connectivity index (χ0) is 12.5. The van der Waals surface area contributed by atoms with Gasteiger partial charge in [-0.15, -0.1) is 0 Å². The van der Waals surface area contributed by atoms with Gasteiger partial charge in [0.1, 0.15) is 0 Å². The number of aryl methyl sites for hydroxylation is 1. The number of aliphatic hydroxyl groups excluding tert-OH is 1. The Morgan fingerprint density at radius 2 is 1.88 bits per heavy atom. The molecule has 5 heteroatoms. The standard InChI is InChI=1S/C12H17NO3S/c1-9-5-7-10(8-6-9)17(15,16)13-11-3-2-4-12(11)14/h5-8,11-14H,2-4H2,1H3/t11-,12-/m0/s1. The minimum atomic E-state index is -3.50. The quantitative estimate of drug-likeness (QED) is 0.852. The molecule has 0 aliphatic heterocycles. The van der Waals surface area contributed by atoms with Gasteiger partial charge >= 0.3 is 0 Å². The van der Waals surface area contributed by atoms with Crippen LogP contribution in [-0.2, 0) is 10.0 Å².